The van der Waals surface area contributed by atoms with Crippen LogP contribution in [0.25, 0.3) is 5.57 Å². The molecule has 0 aromatic heterocycles. The lowest BCUT2D eigenvalue weighted by Crippen LogP contribution is -2.18. The third-order valence-corrected chi connectivity index (χ3v) is 3.54. The third-order valence-electron chi connectivity index (χ3n) is 3.54. The Morgan fingerprint density at radius 2 is 2.10 bits per heavy atom. The van der Waals surface area contributed by atoms with Crippen LogP contribution in [0.3, 0.4) is 0 Å². The molecule has 1 N–H and O–H groups in total. The summed E-state index contributed by atoms with van der Waals surface area (Å²) >= 11 is 0. The monoisotopic (exact) mass is 274 g/mol. The second kappa shape index (κ2) is 7.25. The van der Waals surface area contributed by atoms with Crippen LogP contribution < -0.4 is 0 Å². The highest BCUT2D eigenvalue weighted by atomic mass is 16.5. The number of rotatable bonds is 6. The van der Waals surface area contributed by atoms with Crippen LogP contribution in [-0.2, 0) is 16.0 Å². The number of hydrogen-bond acceptors (Lipinski definition) is 3. The molecular formula is C17H22O3. The first-order chi connectivity index (χ1) is 9.69. The van der Waals surface area contributed by atoms with E-state index >= 15 is 0 Å². The predicted octanol–water partition coefficient (Wildman–Crippen LogP) is 3.11. The standard InChI is InChI=1S/C17H22O3/c1-2-20-17(19)12-16(18)11-13-7-9-15(10-8-13)14-5-3-4-6-14/h5,7-10,16,18H,2-4,6,11-12H2,1H3/t16-/m1/s1. The first-order valence-electron chi connectivity index (χ1n) is 7.31. The number of carbonyl (C=O) groups is 1. The Morgan fingerprint density at radius 3 is 2.70 bits per heavy atom. The van der Waals surface area contributed by atoms with Gasteiger partial charge in [-0.05, 0) is 49.3 Å². The van der Waals surface area contributed by atoms with Crippen LogP contribution in [-0.4, -0.2) is 23.8 Å². The Morgan fingerprint density at radius 1 is 1.35 bits per heavy atom. The van der Waals surface area contributed by atoms with Gasteiger partial charge >= 0.3 is 5.97 Å². The first kappa shape index (κ1) is 14.8. The minimum absolute atomic E-state index is 0.0563. The second-order valence-corrected chi connectivity index (χ2v) is 5.19. The van der Waals surface area contributed by atoms with E-state index in [2.05, 4.69) is 18.2 Å². The Hall–Kier alpha value is -1.61. The molecule has 0 radical (unpaired) electrons. The summed E-state index contributed by atoms with van der Waals surface area (Å²) in [5.41, 5.74) is 3.74. The zero-order valence-electron chi connectivity index (χ0n) is 12.0. The molecule has 0 saturated carbocycles. The maximum atomic E-state index is 11.3. The largest absolute Gasteiger partial charge is 0.466 e. The summed E-state index contributed by atoms with van der Waals surface area (Å²) in [6.45, 7) is 2.12. The lowest BCUT2D eigenvalue weighted by atomic mass is 10.0. The number of hydrogen-bond donors (Lipinski definition) is 1. The molecule has 1 atom stereocenters. The van der Waals surface area contributed by atoms with Crippen molar-refractivity contribution in [2.45, 2.75) is 45.1 Å². The Kier molecular flexibility index (Phi) is 5.36. The van der Waals surface area contributed by atoms with Crippen LogP contribution in [0.4, 0.5) is 0 Å². The van der Waals surface area contributed by atoms with Gasteiger partial charge in [-0.25, -0.2) is 0 Å². The van der Waals surface area contributed by atoms with Gasteiger partial charge in [-0.2, -0.15) is 0 Å². The van der Waals surface area contributed by atoms with E-state index in [0.717, 1.165) is 12.0 Å². The van der Waals surface area contributed by atoms with E-state index in [0.29, 0.717) is 13.0 Å². The van der Waals surface area contributed by atoms with E-state index in [4.69, 9.17) is 4.74 Å². The molecule has 1 aliphatic carbocycles. The fraction of sp³-hybridized carbons (Fsp3) is 0.471. The average Bonchev–Trinajstić information content (AvgIpc) is 2.93. The summed E-state index contributed by atoms with van der Waals surface area (Å²) in [6.07, 6.45) is 5.74. The fourth-order valence-electron chi connectivity index (χ4n) is 2.54. The molecule has 3 heteroatoms. The molecule has 0 bridgehead atoms. The molecule has 0 unspecified atom stereocenters. The first-order valence-corrected chi connectivity index (χ1v) is 7.31. The van der Waals surface area contributed by atoms with Crippen LogP contribution in [0.5, 0.6) is 0 Å². The Labute approximate surface area is 120 Å². The highest BCUT2D eigenvalue weighted by Gasteiger charge is 2.13. The third kappa shape index (κ3) is 4.20. The molecule has 0 spiro atoms. The SMILES string of the molecule is CCOC(=O)C[C@H](O)Cc1ccc(C2=CCCC2)cc1. The number of ether oxygens (including phenoxy) is 1. The normalized spacial score (nSPS) is 15.8. The maximum Gasteiger partial charge on any atom is 0.308 e. The fourth-order valence-corrected chi connectivity index (χ4v) is 2.54. The molecule has 0 aliphatic heterocycles. The van der Waals surface area contributed by atoms with E-state index in [1.165, 1.54) is 24.0 Å². The topological polar surface area (TPSA) is 46.5 Å². The summed E-state index contributed by atoms with van der Waals surface area (Å²) in [7, 11) is 0. The van der Waals surface area contributed by atoms with E-state index < -0.39 is 6.10 Å². The zero-order chi connectivity index (χ0) is 14.4. The number of esters is 1. The molecule has 2 rings (SSSR count). The van der Waals surface area contributed by atoms with Crippen molar-refractivity contribution in [2.75, 3.05) is 6.61 Å². The van der Waals surface area contributed by atoms with E-state index in [1.54, 1.807) is 6.92 Å². The molecule has 1 aromatic rings. The van der Waals surface area contributed by atoms with Gasteiger partial charge in [0.25, 0.3) is 0 Å². The molecule has 0 heterocycles. The van der Waals surface area contributed by atoms with Crippen molar-refractivity contribution in [3.63, 3.8) is 0 Å². The minimum atomic E-state index is -0.675. The molecule has 1 aromatic carbocycles. The number of carbonyl (C=O) groups excluding carboxylic acids is 1. The molecular weight excluding hydrogens is 252 g/mol. The number of aliphatic hydroxyl groups is 1. The van der Waals surface area contributed by atoms with Gasteiger partial charge in [0.05, 0.1) is 19.1 Å². The molecule has 0 amide bonds. The van der Waals surface area contributed by atoms with Crippen LogP contribution in [0.1, 0.15) is 43.7 Å². The van der Waals surface area contributed by atoms with Crippen molar-refractivity contribution in [1.82, 2.24) is 0 Å². The van der Waals surface area contributed by atoms with Crippen molar-refractivity contribution in [1.29, 1.82) is 0 Å². The van der Waals surface area contributed by atoms with Crippen LogP contribution >= 0.6 is 0 Å². The molecule has 108 valence electrons. The summed E-state index contributed by atoms with van der Waals surface area (Å²) in [5, 5.41) is 9.87. The quantitative estimate of drug-likeness (QED) is 0.811. The van der Waals surface area contributed by atoms with Crippen LogP contribution in [0, 0.1) is 0 Å². The van der Waals surface area contributed by atoms with E-state index in [-0.39, 0.29) is 12.4 Å². The van der Waals surface area contributed by atoms with Gasteiger partial charge in [0.1, 0.15) is 0 Å². The van der Waals surface area contributed by atoms with Gasteiger partial charge in [0.15, 0.2) is 0 Å². The highest BCUT2D eigenvalue weighted by molar-refractivity contribution is 5.70. The van der Waals surface area contributed by atoms with E-state index in [9.17, 15) is 9.90 Å². The van der Waals surface area contributed by atoms with Gasteiger partial charge in [-0.15, -0.1) is 0 Å². The lowest BCUT2D eigenvalue weighted by Gasteiger charge is -2.10. The van der Waals surface area contributed by atoms with Crippen molar-refractivity contribution < 1.29 is 14.6 Å². The summed E-state index contributed by atoms with van der Waals surface area (Å²) in [6, 6.07) is 8.26. The molecule has 3 nitrogen and oxygen atoms in total. The van der Waals surface area contributed by atoms with Crippen molar-refractivity contribution in [3.8, 4) is 0 Å². The number of benzene rings is 1. The molecule has 0 saturated heterocycles. The molecule has 20 heavy (non-hydrogen) atoms. The van der Waals surface area contributed by atoms with Crippen molar-refractivity contribution >= 4 is 11.5 Å². The minimum Gasteiger partial charge on any atom is -0.466 e. The maximum absolute atomic E-state index is 11.3. The highest BCUT2D eigenvalue weighted by Crippen LogP contribution is 2.27. The van der Waals surface area contributed by atoms with Gasteiger partial charge in [-0.1, -0.05) is 30.3 Å². The van der Waals surface area contributed by atoms with Gasteiger partial charge in [0, 0.05) is 0 Å². The smallest absolute Gasteiger partial charge is 0.308 e. The predicted molar refractivity (Wildman–Crippen MR) is 79.2 cm³/mol. The van der Waals surface area contributed by atoms with Crippen molar-refractivity contribution in [3.05, 3.63) is 41.5 Å². The van der Waals surface area contributed by atoms with Gasteiger partial charge in [0.2, 0.25) is 0 Å². The number of aliphatic hydroxyl groups excluding tert-OH is 1. The Balaban J connectivity index is 1.88. The van der Waals surface area contributed by atoms with Crippen molar-refractivity contribution in [2.24, 2.45) is 0 Å². The Bertz CT molecular complexity index is 474. The number of allylic oxidation sites excluding steroid dienone is 2. The van der Waals surface area contributed by atoms with Crippen LogP contribution in [0.2, 0.25) is 0 Å². The summed E-state index contributed by atoms with van der Waals surface area (Å²) in [4.78, 5) is 11.3. The second-order valence-electron chi connectivity index (χ2n) is 5.19. The summed E-state index contributed by atoms with van der Waals surface area (Å²) < 4.78 is 4.83. The van der Waals surface area contributed by atoms with E-state index in [1.807, 2.05) is 12.1 Å². The molecule has 1 aliphatic rings. The van der Waals surface area contributed by atoms with Crippen LogP contribution in [0.15, 0.2) is 30.3 Å². The molecule has 0 fully saturated rings. The lowest BCUT2D eigenvalue weighted by molar-refractivity contribution is -0.145. The van der Waals surface area contributed by atoms with Gasteiger partial charge in [-0.3, -0.25) is 4.79 Å². The summed E-state index contributed by atoms with van der Waals surface area (Å²) in [5.74, 6) is -0.340. The zero-order valence-corrected chi connectivity index (χ0v) is 12.0. The average molecular weight is 274 g/mol. The van der Waals surface area contributed by atoms with Gasteiger partial charge < -0.3 is 9.84 Å².